The van der Waals surface area contributed by atoms with E-state index in [2.05, 4.69) is 10.6 Å². The quantitative estimate of drug-likeness (QED) is 0.576. The van der Waals surface area contributed by atoms with Gasteiger partial charge >= 0.3 is 6.03 Å². The second-order valence-corrected chi connectivity index (χ2v) is 8.86. The average Bonchev–Trinajstić information content (AvgIpc) is 2.71. The Morgan fingerprint density at radius 1 is 1.20 bits per heavy atom. The van der Waals surface area contributed by atoms with Crippen molar-refractivity contribution in [2.24, 2.45) is 0 Å². The van der Waals surface area contributed by atoms with Crippen LogP contribution >= 0.6 is 11.6 Å². The number of sulfonamides is 1. The molecule has 1 aliphatic heterocycles. The highest BCUT2D eigenvalue weighted by molar-refractivity contribution is 7.89. The van der Waals surface area contributed by atoms with Crippen LogP contribution in [0.25, 0.3) is 0 Å². The Kier molecular flexibility index (Phi) is 7.03. The van der Waals surface area contributed by atoms with Crippen molar-refractivity contribution in [1.82, 2.24) is 9.62 Å². The minimum absolute atomic E-state index is 0.0255. The Morgan fingerprint density at radius 2 is 1.87 bits per heavy atom. The van der Waals surface area contributed by atoms with Crippen LogP contribution in [0, 0.1) is 0 Å². The van der Waals surface area contributed by atoms with Gasteiger partial charge in [0.05, 0.1) is 28.8 Å². The number of phenolic OH excluding ortho intramolecular Hbond substituents is 1. The van der Waals surface area contributed by atoms with Crippen LogP contribution in [0.4, 0.5) is 10.5 Å². The van der Waals surface area contributed by atoms with E-state index in [4.69, 9.17) is 21.1 Å². The molecule has 2 amide bonds. The molecule has 1 fully saturated rings. The summed E-state index contributed by atoms with van der Waals surface area (Å²) < 4.78 is 37.7. The highest BCUT2D eigenvalue weighted by atomic mass is 35.5. The molecule has 2 aromatic rings. The van der Waals surface area contributed by atoms with Gasteiger partial charge in [-0.15, -0.1) is 0 Å². The van der Waals surface area contributed by atoms with Gasteiger partial charge in [0, 0.05) is 13.1 Å². The molecule has 1 saturated heterocycles. The molecule has 0 radical (unpaired) electrons. The third-order valence-corrected chi connectivity index (χ3v) is 6.50. The van der Waals surface area contributed by atoms with Crippen molar-refractivity contribution in [3.05, 3.63) is 47.5 Å². The lowest BCUT2D eigenvalue weighted by Crippen LogP contribution is -2.41. The SMILES string of the molecule is CC(NC(=O)Nc1cc(S(=O)(=O)N2CCOCC2)ccc1Cl)Oc1ccc(O)cc1. The predicted octanol–water partition coefficient (Wildman–Crippen LogP) is 2.61. The van der Waals surface area contributed by atoms with Crippen LogP contribution in [0.5, 0.6) is 11.5 Å². The molecule has 30 heavy (non-hydrogen) atoms. The minimum Gasteiger partial charge on any atom is -0.508 e. The van der Waals surface area contributed by atoms with Crippen molar-refractivity contribution in [2.75, 3.05) is 31.6 Å². The average molecular weight is 456 g/mol. The Bertz CT molecular complexity index is 994. The fourth-order valence-electron chi connectivity index (χ4n) is 2.80. The molecule has 0 aliphatic carbocycles. The van der Waals surface area contributed by atoms with Gasteiger partial charge < -0.3 is 25.2 Å². The molecular formula is C19H22ClN3O6S. The fraction of sp³-hybridized carbons (Fsp3) is 0.316. The smallest absolute Gasteiger partial charge is 0.322 e. The molecule has 1 atom stereocenters. The number of benzene rings is 2. The molecule has 0 saturated carbocycles. The van der Waals surface area contributed by atoms with Crippen LogP contribution in [-0.2, 0) is 14.8 Å². The van der Waals surface area contributed by atoms with E-state index >= 15 is 0 Å². The highest BCUT2D eigenvalue weighted by Gasteiger charge is 2.27. The first-order valence-corrected chi connectivity index (χ1v) is 11.0. The molecule has 3 N–H and O–H groups in total. The van der Waals surface area contributed by atoms with E-state index in [1.165, 1.54) is 34.6 Å². The van der Waals surface area contributed by atoms with E-state index < -0.39 is 22.3 Å². The van der Waals surface area contributed by atoms with E-state index in [0.29, 0.717) is 19.0 Å². The Morgan fingerprint density at radius 3 is 2.53 bits per heavy atom. The van der Waals surface area contributed by atoms with Crippen molar-refractivity contribution in [2.45, 2.75) is 18.0 Å². The first-order valence-electron chi connectivity index (χ1n) is 9.16. The molecular weight excluding hydrogens is 434 g/mol. The molecule has 11 heteroatoms. The highest BCUT2D eigenvalue weighted by Crippen LogP contribution is 2.27. The maximum Gasteiger partial charge on any atom is 0.322 e. The van der Waals surface area contributed by atoms with Gasteiger partial charge in [-0.1, -0.05) is 11.6 Å². The standard InChI is InChI=1S/C19H22ClN3O6S/c1-13(29-15-4-2-14(24)3-5-15)21-19(25)22-18-12-16(6-7-17(18)20)30(26,27)23-8-10-28-11-9-23/h2-7,12-13,24H,8-11H2,1H3,(H2,21,22,25). The molecule has 0 spiro atoms. The van der Waals surface area contributed by atoms with Gasteiger partial charge in [-0.3, -0.25) is 0 Å². The number of carbonyl (C=O) groups is 1. The third kappa shape index (κ3) is 5.54. The molecule has 1 aliphatic rings. The Balaban J connectivity index is 1.66. The van der Waals surface area contributed by atoms with E-state index in [-0.39, 0.29) is 34.4 Å². The number of anilines is 1. The van der Waals surface area contributed by atoms with E-state index in [1.54, 1.807) is 19.1 Å². The number of hydrogen-bond donors (Lipinski definition) is 3. The summed E-state index contributed by atoms with van der Waals surface area (Å²) in [4.78, 5) is 12.3. The molecule has 0 aromatic heterocycles. The Labute approximate surface area is 179 Å². The molecule has 162 valence electrons. The summed E-state index contributed by atoms with van der Waals surface area (Å²) in [7, 11) is -3.73. The second-order valence-electron chi connectivity index (χ2n) is 6.51. The number of hydrogen-bond acceptors (Lipinski definition) is 6. The number of phenols is 1. The number of carbonyl (C=O) groups excluding carboxylic acids is 1. The van der Waals surface area contributed by atoms with Gasteiger partial charge in [0.25, 0.3) is 0 Å². The number of aromatic hydroxyl groups is 1. The fourth-order valence-corrected chi connectivity index (χ4v) is 4.40. The lowest BCUT2D eigenvalue weighted by Gasteiger charge is -2.26. The van der Waals surface area contributed by atoms with Crippen LogP contribution in [0.3, 0.4) is 0 Å². The van der Waals surface area contributed by atoms with Gasteiger partial charge in [0.1, 0.15) is 11.5 Å². The van der Waals surface area contributed by atoms with Crippen LogP contribution in [0.1, 0.15) is 6.92 Å². The first kappa shape index (κ1) is 22.2. The van der Waals surface area contributed by atoms with Gasteiger partial charge in [-0.2, -0.15) is 4.31 Å². The molecule has 9 nitrogen and oxygen atoms in total. The first-order chi connectivity index (χ1) is 14.3. The zero-order valence-corrected chi connectivity index (χ0v) is 17.7. The summed E-state index contributed by atoms with van der Waals surface area (Å²) in [5, 5.41) is 14.6. The van der Waals surface area contributed by atoms with Crippen molar-refractivity contribution < 1.29 is 27.8 Å². The summed E-state index contributed by atoms with van der Waals surface area (Å²) in [5.41, 5.74) is 0.153. The lowest BCUT2D eigenvalue weighted by molar-refractivity contribution is 0.0730. The van der Waals surface area contributed by atoms with Crippen molar-refractivity contribution in [1.29, 1.82) is 0 Å². The van der Waals surface area contributed by atoms with Gasteiger partial charge in [-0.05, 0) is 49.4 Å². The number of ether oxygens (including phenoxy) is 2. The molecule has 1 unspecified atom stereocenters. The third-order valence-electron chi connectivity index (χ3n) is 4.28. The van der Waals surface area contributed by atoms with E-state index in [9.17, 15) is 18.3 Å². The summed E-state index contributed by atoms with van der Waals surface area (Å²) in [6.45, 7) is 2.81. The van der Waals surface area contributed by atoms with Crippen LogP contribution in [0.15, 0.2) is 47.4 Å². The monoisotopic (exact) mass is 455 g/mol. The molecule has 0 bridgehead atoms. The van der Waals surface area contributed by atoms with Crippen molar-refractivity contribution in [3.63, 3.8) is 0 Å². The Hall–Kier alpha value is -2.53. The maximum atomic E-state index is 12.8. The molecule has 1 heterocycles. The van der Waals surface area contributed by atoms with E-state index in [1.807, 2.05) is 0 Å². The van der Waals surface area contributed by atoms with Gasteiger partial charge in [0.2, 0.25) is 10.0 Å². The predicted molar refractivity (Wildman–Crippen MR) is 111 cm³/mol. The zero-order valence-electron chi connectivity index (χ0n) is 16.2. The number of nitrogens with zero attached hydrogens (tertiary/aromatic N) is 1. The van der Waals surface area contributed by atoms with Gasteiger partial charge in [-0.25, -0.2) is 13.2 Å². The van der Waals surface area contributed by atoms with Crippen molar-refractivity contribution in [3.8, 4) is 11.5 Å². The normalized spacial score (nSPS) is 15.9. The summed E-state index contributed by atoms with van der Waals surface area (Å²) in [6.07, 6.45) is -0.700. The number of rotatable bonds is 6. The number of amides is 2. The molecule has 2 aromatic carbocycles. The van der Waals surface area contributed by atoms with Crippen LogP contribution in [0.2, 0.25) is 5.02 Å². The van der Waals surface area contributed by atoms with Crippen molar-refractivity contribution >= 4 is 33.3 Å². The van der Waals surface area contributed by atoms with Crippen LogP contribution < -0.4 is 15.4 Å². The number of nitrogens with one attached hydrogen (secondary N) is 2. The number of morpholine rings is 1. The lowest BCUT2D eigenvalue weighted by atomic mass is 10.3. The van der Waals surface area contributed by atoms with E-state index in [0.717, 1.165) is 0 Å². The van der Waals surface area contributed by atoms with Crippen LogP contribution in [-0.4, -0.2) is 56.4 Å². The molecule has 3 rings (SSSR count). The van der Waals surface area contributed by atoms with Gasteiger partial charge in [0.15, 0.2) is 6.23 Å². The summed E-state index contributed by atoms with van der Waals surface area (Å²) in [5.74, 6) is 0.555. The second kappa shape index (κ2) is 9.52. The topological polar surface area (TPSA) is 117 Å². The number of urea groups is 1. The maximum absolute atomic E-state index is 12.8. The summed E-state index contributed by atoms with van der Waals surface area (Å²) >= 11 is 6.13. The minimum atomic E-state index is -3.73. The summed E-state index contributed by atoms with van der Waals surface area (Å²) in [6, 6.07) is 9.55. The largest absolute Gasteiger partial charge is 0.508 e. The zero-order chi connectivity index (χ0) is 21.7. The number of halogens is 1.